The Hall–Kier alpha value is -1.80. The summed E-state index contributed by atoms with van der Waals surface area (Å²) in [5, 5.41) is 3.73. The highest BCUT2D eigenvalue weighted by Crippen LogP contribution is 2.55. The number of nitrogens with one attached hydrogen (secondary N) is 1. The molecule has 108 valence electrons. The minimum Gasteiger partial charge on any atom is -0.496 e. The van der Waals surface area contributed by atoms with Gasteiger partial charge in [-0.2, -0.15) is 0 Å². The standard InChI is InChI=1S/C19H21NO/c1-21-18-9-5-8-15-14(18)10-11-20-19(15)17-12-16(17)13-6-3-2-4-7-13/h2-9,16-17,19-20H,10-12H2,1H3. The lowest BCUT2D eigenvalue weighted by molar-refractivity contribution is 0.393. The topological polar surface area (TPSA) is 21.3 Å². The summed E-state index contributed by atoms with van der Waals surface area (Å²) in [4.78, 5) is 0. The van der Waals surface area contributed by atoms with Crippen LogP contribution in [-0.4, -0.2) is 13.7 Å². The molecule has 0 aromatic heterocycles. The molecule has 0 saturated heterocycles. The maximum Gasteiger partial charge on any atom is 0.122 e. The van der Waals surface area contributed by atoms with Crippen molar-refractivity contribution in [1.82, 2.24) is 5.32 Å². The summed E-state index contributed by atoms with van der Waals surface area (Å²) < 4.78 is 5.54. The largest absolute Gasteiger partial charge is 0.496 e. The molecule has 0 spiro atoms. The van der Waals surface area contributed by atoms with Gasteiger partial charge in [0.15, 0.2) is 0 Å². The second-order valence-corrected chi connectivity index (χ2v) is 6.13. The van der Waals surface area contributed by atoms with E-state index < -0.39 is 0 Å². The van der Waals surface area contributed by atoms with Gasteiger partial charge in [-0.25, -0.2) is 0 Å². The monoisotopic (exact) mass is 279 g/mol. The van der Waals surface area contributed by atoms with E-state index in [1.54, 1.807) is 7.11 Å². The minimum absolute atomic E-state index is 0.481. The molecule has 3 unspecified atom stereocenters. The molecule has 2 nitrogen and oxygen atoms in total. The first kappa shape index (κ1) is 12.9. The Balaban J connectivity index is 1.62. The SMILES string of the molecule is COc1cccc2c1CCNC2C1CC1c1ccccc1. The third kappa shape index (κ3) is 2.24. The van der Waals surface area contributed by atoms with Gasteiger partial charge >= 0.3 is 0 Å². The van der Waals surface area contributed by atoms with E-state index in [4.69, 9.17) is 4.74 Å². The molecule has 0 bridgehead atoms. The van der Waals surface area contributed by atoms with Crippen molar-refractivity contribution in [3.63, 3.8) is 0 Å². The van der Waals surface area contributed by atoms with Crippen LogP contribution in [0.3, 0.4) is 0 Å². The Morgan fingerprint density at radius 2 is 1.90 bits per heavy atom. The zero-order valence-corrected chi connectivity index (χ0v) is 12.4. The van der Waals surface area contributed by atoms with Crippen molar-refractivity contribution >= 4 is 0 Å². The van der Waals surface area contributed by atoms with Crippen molar-refractivity contribution < 1.29 is 4.74 Å². The van der Waals surface area contributed by atoms with E-state index in [1.807, 2.05) is 0 Å². The molecular weight excluding hydrogens is 258 g/mol. The molecule has 1 aliphatic carbocycles. The van der Waals surface area contributed by atoms with Gasteiger partial charge in [-0.3, -0.25) is 0 Å². The van der Waals surface area contributed by atoms with Crippen LogP contribution in [0.5, 0.6) is 5.75 Å². The molecule has 2 aromatic rings. The van der Waals surface area contributed by atoms with Crippen molar-refractivity contribution in [2.75, 3.05) is 13.7 Å². The fourth-order valence-corrected chi connectivity index (χ4v) is 3.84. The fourth-order valence-electron chi connectivity index (χ4n) is 3.84. The summed E-state index contributed by atoms with van der Waals surface area (Å²) in [6, 6.07) is 17.9. The Labute approximate surface area is 126 Å². The summed E-state index contributed by atoms with van der Waals surface area (Å²) in [5.41, 5.74) is 4.34. The molecule has 1 fully saturated rings. The van der Waals surface area contributed by atoms with E-state index >= 15 is 0 Å². The summed E-state index contributed by atoms with van der Waals surface area (Å²) in [6.07, 6.45) is 2.36. The van der Waals surface area contributed by atoms with Crippen LogP contribution in [0.4, 0.5) is 0 Å². The predicted octanol–water partition coefficient (Wildman–Crippen LogP) is 3.69. The second kappa shape index (κ2) is 5.19. The quantitative estimate of drug-likeness (QED) is 0.925. The average molecular weight is 279 g/mol. The van der Waals surface area contributed by atoms with Crippen LogP contribution < -0.4 is 10.1 Å². The highest BCUT2D eigenvalue weighted by molar-refractivity contribution is 5.45. The highest BCUT2D eigenvalue weighted by Gasteiger charge is 2.45. The first-order valence-electron chi connectivity index (χ1n) is 7.82. The average Bonchev–Trinajstić information content (AvgIpc) is 3.35. The minimum atomic E-state index is 0.481. The lowest BCUT2D eigenvalue weighted by atomic mass is 9.89. The Bertz CT molecular complexity index is 637. The van der Waals surface area contributed by atoms with Crippen LogP contribution in [0.1, 0.15) is 35.1 Å². The van der Waals surface area contributed by atoms with Crippen molar-refractivity contribution in [3.05, 3.63) is 65.2 Å². The van der Waals surface area contributed by atoms with Crippen molar-refractivity contribution in [2.24, 2.45) is 5.92 Å². The summed E-state index contributed by atoms with van der Waals surface area (Å²) in [6.45, 7) is 1.05. The molecule has 1 saturated carbocycles. The van der Waals surface area contributed by atoms with Crippen molar-refractivity contribution in [1.29, 1.82) is 0 Å². The predicted molar refractivity (Wildman–Crippen MR) is 84.7 cm³/mol. The first-order chi connectivity index (χ1) is 10.4. The Morgan fingerprint density at radius 3 is 2.71 bits per heavy atom. The molecular formula is C19H21NO. The zero-order chi connectivity index (χ0) is 14.2. The third-order valence-corrected chi connectivity index (χ3v) is 4.96. The van der Waals surface area contributed by atoms with Gasteiger partial charge in [0.05, 0.1) is 7.11 Å². The molecule has 4 rings (SSSR count). The van der Waals surface area contributed by atoms with E-state index in [0.717, 1.165) is 24.6 Å². The molecule has 0 radical (unpaired) electrons. The number of methoxy groups -OCH3 is 1. The van der Waals surface area contributed by atoms with Gasteiger partial charge in [-0.15, -0.1) is 0 Å². The number of ether oxygens (including phenoxy) is 1. The normalized spacial score (nSPS) is 27.0. The van der Waals surface area contributed by atoms with Gasteiger partial charge in [0.2, 0.25) is 0 Å². The van der Waals surface area contributed by atoms with E-state index in [-0.39, 0.29) is 0 Å². The Kier molecular flexibility index (Phi) is 3.19. The van der Waals surface area contributed by atoms with Crippen LogP contribution in [0.25, 0.3) is 0 Å². The molecule has 2 heteroatoms. The van der Waals surface area contributed by atoms with E-state index in [0.29, 0.717) is 12.0 Å². The van der Waals surface area contributed by atoms with E-state index in [9.17, 15) is 0 Å². The maximum absolute atomic E-state index is 5.54. The number of hydrogen-bond acceptors (Lipinski definition) is 2. The third-order valence-electron chi connectivity index (χ3n) is 4.96. The van der Waals surface area contributed by atoms with Crippen LogP contribution in [0.15, 0.2) is 48.5 Å². The lowest BCUT2D eigenvalue weighted by Gasteiger charge is -2.28. The number of benzene rings is 2. The number of hydrogen-bond donors (Lipinski definition) is 1. The second-order valence-electron chi connectivity index (χ2n) is 6.13. The number of rotatable bonds is 3. The van der Waals surface area contributed by atoms with Gasteiger partial charge in [-0.05, 0) is 48.4 Å². The number of fused-ring (bicyclic) bond motifs is 1. The highest BCUT2D eigenvalue weighted by atomic mass is 16.5. The van der Waals surface area contributed by atoms with Gasteiger partial charge in [0, 0.05) is 11.6 Å². The smallest absolute Gasteiger partial charge is 0.122 e. The van der Waals surface area contributed by atoms with Crippen LogP contribution >= 0.6 is 0 Å². The summed E-state index contributed by atoms with van der Waals surface area (Å²) in [7, 11) is 1.77. The molecule has 0 amide bonds. The zero-order valence-electron chi connectivity index (χ0n) is 12.4. The summed E-state index contributed by atoms with van der Waals surface area (Å²) in [5.74, 6) is 2.48. The fraction of sp³-hybridized carbons (Fsp3) is 0.368. The van der Waals surface area contributed by atoms with Crippen LogP contribution in [-0.2, 0) is 6.42 Å². The summed E-state index contributed by atoms with van der Waals surface area (Å²) >= 11 is 0. The maximum atomic E-state index is 5.54. The van der Waals surface area contributed by atoms with Gasteiger partial charge in [0.25, 0.3) is 0 Å². The Morgan fingerprint density at radius 1 is 1.05 bits per heavy atom. The molecule has 1 heterocycles. The van der Waals surface area contributed by atoms with Gasteiger partial charge in [0.1, 0.15) is 5.75 Å². The van der Waals surface area contributed by atoms with E-state index in [1.165, 1.54) is 23.1 Å². The molecule has 1 aliphatic heterocycles. The molecule has 2 aliphatic rings. The first-order valence-corrected chi connectivity index (χ1v) is 7.82. The van der Waals surface area contributed by atoms with Crippen LogP contribution in [0.2, 0.25) is 0 Å². The van der Waals surface area contributed by atoms with Gasteiger partial charge in [-0.1, -0.05) is 42.5 Å². The van der Waals surface area contributed by atoms with Gasteiger partial charge < -0.3 is 10.1 Å². The molecule has 21 heavy (non-hydrogen) atoms. The molecule has 3 atom stereocenters. The molecule has 2 aromatic carbocycles. The lowest BCUT2D eigenvalue weighted by Crippen LogP contribution is -2.31. The van der Waals surface area contributed by atoms with Crippen molar-refractivity contribution in [2.45, 2.75) is 24.8 Å². The van der Waals surface area contributed by atoms with Crippen molar-refractivity contribution in [3.8, 4) is 5.75 Å². The molecule has 1 N–H and O–H groups in total. The van der Waals surface area contributed by atoms with E-state index in [2.05, 4.69) is 53.8 Å². The van der Waals surface area contributed by atoms with Crippen LogP contribution in [0, 0.1) is 5.92 Å².